The number of hydrogen-bond donors (Lipinski definition) is 2. The van der Waals surface area contributed by atoms with Crippen molar-refractivity contribution in [3.05, 3.63) is 89.2 Å². The molecular weight excluding hydrogens is 612 g/mol. The number of nitrogens with zero attached hydrogens (tertiary/aromatic N) is 6. The number of H-pyrrole nitrogens is 1. The topological polar surface area (TPSA) is 109 Å². The summed E-state index contributed by atoms with van der Waals surface area (Å²) in [6, 6.07) is 15.1. The zero-order chi connectivity index (χ0) is 30.0. The van der Waals surface area contributed by atoms with E-state index in [2.05, 4.69) is 59.5 Å². The monoisotopic (exact) mass is 642 g/mol. The van der Waals surface area contributed by atoms with Crippen molar-refractivity contribution < 1.29 is 73.7 Å². The van der Waals surface area contributed by atoms with Gasteiger partial charge in [0, 0.05) is 74.9 Å². The molecule has 2 saturated heterocycles. The third-order valence-electron chi connectivity index (χ3n) is 7.96. The Morgan fingerprint density at radius 1 is 1.04 bits per heavy atom. The Kier molecular flexibility index (Phi) is 10.1. The molecule has 3 aromatic heterocycles. The number of hydrogen-bond acceptors (Lipinski definition) is 8. The van der Waals surface area contributed by atoms with E-state index < -0.39 is 12.3 Å². The average Bonchev–Trinajstić information content (AvgIpc) is 3.71. The first-order valence-electron chi connectivity index (χ1n) is 14.5. The van der Waals surface area contributed by atoms with Crippen LogP contribution in [-0.4, -0.2) is 70.5 Å². The van der Waals surface area contributed by atoms with Crippen LogP contribution in [0.15, 0.2) is 65.3 Å². The molecule has 2 N–H and O–H groups in total. The fourth-order valence-electron chi connectivity index (χ4n) is 5.49. The fourth-order valence-corrected chi connectivity index (χ4v) is 5.49. The number of ether oxygens (including phenoxy) is 1. The molecule has 10 nitrogen and oxygen atoms in total. The Balaban J connectivity index is 0.00000357. The zero-order valence-corrected chi connectivity index (χ0v) is 27.8. The quantitative estimate of drug-likeness (QED) is 0.224. The Labute approximate surface area is 300 Å². The maximum Gasteiger partial charge on any atom is 1.00 e. The fraction of sp³-hybridized carbons (Fsp3) is 0.323. The van der Waals surface area contributed by atoms with Crippen LogP contribution < -0.4 is 61.6 Å². The first-order chi connectivity index (χ1) is 21.5. The molecule has 45 heavy (non-hydrogen) atoms. The van der Waals surface area contributed by atoms with Gasteiger partial charge in [-0.25, -0.2) is 4.39 Å². The van der Waals surface area contributed by atoms with Crippen LogP contribution in [0.25, 0.3) is 27.7 Å². The summed E-state index contributed by atoms with van der Waals surface area (Å²) >= 11 is 0. The molecule has 0 spiro atoms. The number of halogens is 3. The van der Waals surface area contributed by atoms with Crippen molar-refractivity contribution in [3.63, 3.8) is 0 Å². The third kappa shape index (κ3) is 7.22. The molecular formula is C31H30F3KN8O2. The van der Waals surface area contributed by atoms with Crippen molar-refractivity contribution in [2.75, 3.05) is 49.6 Å². The number of pyridine rings is 1. The number of alkyl halides is 2. The number of piperazine rings is 1. The van der Waals surface area contributed by atoms with Gasteiger partial charge in [0.25, 0.3) is 5.89 Å². The smallest absolute Gasteiger partial charge is 0.676 e. The van der Waals surface area contributed by atoms with Crippen LogP contribution in [0.2, 0.25) is 0 Å². The number of rotatable bonds is 10. The molecule has 2 fully saturated rings. The maximum atomic E-state index is 15.6. The van der Waals surface area contributed by atoms with Crippen molar-refractivity contribution in [3.8, 4) is 11.5 Å². The second kappa shape index (κ2) is 14.2. The van der Waals surface area contributed by atoms with Crippen LogP contribution in [0.4, 0.5) is 30.2 Å². The predicted octanol–water partition coefficient (Wildman–Crippen LogP) is 3.03. The molecule has 0 unspecified atom stereocenters. The molecule has 0 saturated carbocycles. The minimum Gasteiger partial charge on any atom is -0.676 e. The van der Waals surface area contributed by atoms with Crippen LogP contribution in [0.3, 0.4) is 0 Å². The molecule has 14 heteroatoms. The summed E-state index contributed by atoms with van der Waals surface area (Å²) < 4.78 is 51.5. The van der Waals surface area contributed by atoms with Crippen molar-refractivity contribution in [2.24, 2.45) is 0 Å². The third-order valence-corrected chi connectivity index (χ3v) is 7.96. The van der Waals surface area contributed by atoms with Gasteiger partial charge in [-0.15, -0.1) is 15.9 Å². The van der Waals surface area contributed by atoms with Gasteiger partial charge in [-0.2, -0.15) is 8.78 Å². The van der Waals surface area contributed by atoms with Crippen molar-refractivity contribution >= 4 is 28.0 Å². The predicted molar refractivity (Wildman–Crippen MR) is 160 cm³/mol. The normalized spacial score (nSPS) is 15.7. The molecule has 2 aromatic carbocycles. The van der Waals surface area contributed by atoms with E-state index in [-0.39, 0.29) is 69.1 Å². The molecule has 0 aliphatic carbocycles. The van der Waals surface area contributed by atoms with E-state index in [1.165, 1.54) is 23.2 Å². The maximum absolute atomic E-state index is 15.6. The molecule has 0 amide bonds. The van der Waals surface area contributed by atoms with E-state index in [1.54, 1.807) is 12.1 Å². The largest absolute Gasteiger partial charge is 1.00 e. The van der Waals surface area contributed by atoms with E-state index >= 15 is 4.39 Å². The molecule has 5 aromatic rings. The Hall–Kier alpha value is -2.98. The summed E-state index contributed by atoms with van der Waals surface area (Å²) in [6.45, 7) is 5.24. The minimum absolute atomic E-state index is 0. The molecule has 0 atom stereocenters. The SMILES string of the molecule is Fc1cc(NCc2ccc(-c3nnc(C(F)F)o3)cn2)c([N-]C2COC2)cc1N1CCN(Cc2cccc3[nH]ccc23)CC1.[K+]. The average molecular weight is 643 g/mol. The van der Waals surface area contributed by atoms with Gasteiger partial charge in [-0.05, 0) is 42.0 Å². The second-order valence-electron chi connectivity index (χ2n) is 10.9. The van der Waals surface area contributed by atoms with Crippen LogP contribution in [0, 0.1) is 5.82 Å². The molecule has 0 bridgehead atoms. The molecule has 0 radical (unpaired) electrons. The van der Waals surface area contributed by atoms with Gasteiger partial charge < -0.3 is 29.7 Å². The van der Waals surface area contributed by atoms with E-state index in [1.807, 2.05) is 12.3 Å². The van der Waals surface area contributed by atoms with Gasteiger partial charge in [0.15, 0.2) is 0 Å². The van der Waals surface area contributed by atoms with Crippen molar-refractivity contribution in [2.45, 2.75) is 25.6 Å². The first kappa shape index (κ1) is 32.0. The van der Waals surface area contributed by atoms with Gasteiger partial charge in [-0.3, -0.25) is 9.88 Å². The number of nitrogens with one attached hydrogen (secondary N) is 2. The van der Waals surface area contributed by atoms with Gasteiger partial charge in [0.05, 0.1) is 23.5 Å². The molecule has 5 heterocycles. The van der Waals surface area contributed by atoms with E-state index in [9.17, 15) is 8.78 Å². The van der Waals surface area contributed by atoms with E-state index in [0.717, 1.165) is 25.2 Å². The molecule has 2 aliphatic rings. The van der Waals surface area contributed by atoms with Gasteiger partial charge >= 0.3 is 57.8 Å². The van der Waals surface area contributed by atoms with Crippen LogP contribution >= 0.6 is 0 Å². The summed E-state index contributed by atoms with van der Waals surface area (Å²) in [5, 5.41) is 16.3. The zero-order valence-electron chi connectivity index (χ0n) is 24.7. The van der Waals surface area contributed by atoms with E-state index in [0.29, 0.717) is 61.2 Å². The van der Waals surface area contributed by atoms with Crippen LogP contribution in [0.1, 0.15) is 23.6 Å². The van der Waals surface area contributed by atoms with Gasteiger partial charge in [0.2, 0.25) is 5.89 Å². The van der Waals surface area contributed by atoms with Crippen molar-refractivity contribution in [1.82, 2.24) is 25.1 Å². The number of fused-ring (bicyclic) bond motifs is 1. The second-order valence-corrected chi connectivity index (χ2v) is 10.9. The molecule has 228 valence electrons. The Bertz CT molecular complexity index is 1740. The van der Waals surface area contributed by atoms with Crippen LogP contribution in [0.5, 0.6) is 0 Å². The number of aromatic amines is 1. The Morgan fingerprint density at radius 3 is 2.60 bits per heavy atom. The summed E-state index contributed by atoms with van der Waals surface area (Å²) in [5.41, 5.74) is 5.24. The summed E-state index contributed by atoms with van der Waals surface area (Å²) in [4.78, 5) is 12.1. The number of anilines is 2. The number of benzene rings is 2. The Morgan fingerprint density at radius 2 is 1.89 bits per heavy atom. The van der Waals surface area contributed by atoms with Crippen molar-refractivity contribution in [1.29, 1.82) is 0 Å². The molecule has 2 aliphatic heterocycles. The minimum atomic E-state index is -2.84. The van der Waals surface area contributed by atoms with E-state index in [4.69, 9.17) is 14.5 Å². The molecule has 7 rings (SSSR count). The van der Waals surface area contributed by atoms with Gasteiger partial charge in [-0.1, -0.05) is 18.2 Å². The standard InChI is InChI=1S/C31H30F3N8O2.K/c32-24-12-26(37-15-21-5-4-19(14-36-21)30-39-40-31(44-30)29(33)34)27(38-22-17-43-18-22)13-28(24)42-10-8-41(9-11-42)16-20-2-1-3-25-23(20)6-7-35-25;/h1-7,12-14,22,29,35,37H,8-11,15-18H2;/q-1;+1. The number of aromatic nitrogens is 4. The first-order valence-corrected chi connectivity index (χ1v) is 14.5. The van der Waals surface area contributed by atoms with Gasteiger partial charge in [0.1, 0.15) is 5.82 Å². The van der Waals surface area contributed by atoms with Crippen LogP contribution in [-0.2, 0) is 17.8 Å². The summed E-state index contributed by atoms with van der Waals surface area (Å²) in [6.07, 6.45) is 0.593. The summed E-state index contributed by atoms with van der Waals surface area (Å²) in [7, 11) is 0. The summed E-state index contributed by atoms with van der Waals surface area (Å²) in [5.74, 6) is -1.10.